The Morgan fingerprint density at radius 2 is 1.00 bits per heavy atom. The lowest BCUT2D eigenvalue weighted by atomic mass is 10.0. The number of aliphatic hydroxyl groups is 1. The molecule has 27 heavy (non-hydrogen) atoms. The van der Waals surface area contributed by atoms with Gasteiger partial charge in [-0.1, -0.05) is 104 Å². The van der Waals surface area contributed by atoms with E-state index in [1.165, 1.54) is 51.4 Å². The Labute approximate surface area is 169 Å². The van der Waals surface area contributed by atoms with Gasteiger partial charge in [0.2, 0.25) is 0 Å². The molecular formula is C22H46O4S. The summed E-state index contributed by atoms with van der Waals surface area (Å²) in [5.41, 5.74) is 0. The second-order valence-electron chi connectivity index (χ2n) is 8.19. The first kappa shape index (κ1) is 26.9. The molecule has 0 bridgehead atoms. The first-order valence-corrected chi connectivity index (χ1v) is 13.1. The molecule has 2 N–H and O–H groups in total. The van der Waals surface area contributed by atoms with E-state index >= 15 is 0 Å². The molecule has 0 aromatic carbocycles. The van der Waals surface area contributed by atoms with E-state index in [9.17, 15) is 18.1 Å². The number of unbranched alkanes of at least 4 members (excludes halogenated alkanes) is 11. The summed E-state index contributed by atoms with van der Waals surface area (Å²) in [6, 6.07) is 0. The molecule has 0 rings (SSSR count). The Morgan fingerprint density at radius 3 is 1.41 bits per heavy atom. The first-order valence-electron chi connectivity index (χ1n) is 11.6. The van der Waals surface area contributed by atoms with Crippen LogP contribution in [0.4, 0.5) is 0 Å². The standard InChI is InChI=1S/C22H46O4S/c1-3-5-19-22(27(24,25)26)20-16-14-12-10-8-6-7-9-11-13-15-18-21(23)17-4-2/h21-23H,3-20H2,1-2H3,(H,24,25,26). The Bertz CT molecular complexity index is 409. The van der Waals surface area contributed by atoms with Crippen LogP contribution in [-0.2, 0) is 10.1 Å². The zero-order chi connectivity index (χ0) is 20.4. The topological polar surface area (TPSA) is 74.6 Å². The summed E-state index contributed by atoms with van der Waals surface area (Å²) in [4.78, 5) is 0. The van der Waals surface area contributed by atoms with Gasteiger partial charge in [0.25, 0.3) is 10.1 Å². The molecule has 0 spiro atoms. The fraction of sp³-hybridized carbons (Fsp3) is 1.00. The van der Waals surface area contributed by atoms with E-state index < -0.39 is 15.4 Å². The lowest BCUT2D eigenvalue weighted by molar-refractivity contribution is 0.150. The van der Waals surface area contributed by atoms with Crippen molar-refractivity contribution in [3.63, 3.8) is 0 Å². The van der Waals surface area contributed by atoms with Crippen LogP contribution in [-0.4, -0.2) is 29.4 Å². The van der Waals surface area contributed by atoms with Crippen LogP contribution in [0.25, 0.3) is 0 Å². The molecule has 5 heteroatoms. The highest BCUT2D eigenvalue weighted by Crippen LogP contribution is 2.18. The molecule has 0 fully saturated rings. The van der Waals surface area contributed by atoms with Gasteiger partial charge in [-0.3, -0.25) is 4.55 Å². The van der Waals surface area contributed by atoms with Gasteiger partial charge in [-0.05, 0) is 25.7 Å². The highest BCUT2D eigenvalue weighted by atomic mass is 32.2. The minimum absolute atomic E-state index is 0.0885. The maximum Gasteiger partial charge on any atom is 0.267 e. The summed E-state index contributed by atoms with van der Waals surface area (Å²) >= 11 is 0. The van der Waals surface area contributed by atoms with Gasteiger partial charge in [0.1, 0.15) is 0 Å². The summed E-state index contributed by atoms with van der Waals surface area (Å²) in [5.74, 6) is 0. The second-order valence-corrected chi connectivity index (χ2v) is 9.88. The molecule has 0 aromatic heterocycles. The van der Waals surface area contributed by atoms with Crippen molar-refractivity contribution in [2.75, 3.05) is 0 Å². The van der Waals surface area contributed by atoms with Gasteiger partial charge in [-0.2, -0.15) is 8.42 Å². The predicted molar refractivity (Wildman–Crippen MR) is 116 cm³/mol. The van der Waals surface area contributed by atoms with Crippen molar-refractivity contribution < 1.29 is 18.1 Å². The van der Waals surface area contributed by atoms with E-state index in [0.29, 0.717) is 12.8 Å². The third-order valence-corrected chi connectivity index (χ3v) is 6.80. The fourth-order valence-electron chi connectivity index (χ4n) is 3.69. The monoisotopic (exact) mass is 406 g/mol. The molecule has 2 atom stereocenters. The largest absolute Gasteiger partial charge is 0.393 e. The van der Waals surface area contributed by atoms with Crippen molar-refractivity contribution >= 4 is 10.1 Å². The Kier molecular flexibility index (Phi) is 17.8. The van der Waals surface area contributed by atoms with Crippen LogP contribution in [0.5, 0.6) is 0 Å². The quantitative estimate of drug-likeness (QED) is 0.175. The highest BCUT2D eigenvalue weighted by Gasteiger charge is 2.21. The van der Waals surface area contributed by atoms with Crippen LogP contribution in [0.2, 0.25) is 0 Å². The maximum atomic E-state index is 11.4. The van der Waals surface area contributed by atoms with Crippen LogP contribution in [0, 0.1) is 0 Å². The Balaban J connectivity index is 3.42. The van der Waals surface area contributed by atoms with Crippen molar-refractivity contribution in [2.45, 2.75) is 141 Å². The summed E-state index contributed by atoms with van der Waals surface area (Å²) in [7, 11) is -3.87. The zero-order valence-corrected chi connectivity index (χ0v) is 18.8. The third-order valence-electron chi connectivity index (χ3n) is 5.49. The molecule has 0 aromatic rings. The molecule has 2 unspecified atom stereocenters. The van der Waals surface area contributed by atoms with Gasteiger partial charge >= 0.3 is 0 Å². The summed E-state index contributed by atoms with van der Waals surface area (Å²) in [6.07, 6.45) is 19.1. The lowest BCUT2D eigenvalue weighted by Crippen LogP contribution is -2.20. The van der Waals surface area contributed by atoms with Crippen molar-refractivity contribution in [1.82, 2.24) is 0 Å². The molecule has 164 valence electrons. The number of rotatable bonds is 20. The van der Waals surface area contributed by atoms with E-state index in [-0.39, 0.29) is 6.10 Å². The van der Waals surface area contributed by atoms with Crippen molar-refractivity contribution in [2.24, 2.45) is 0 Å². The average molecular weight is 407 g/mol. The average Bonchev–Trinajstić information content (AvgIpc) is 2.60. The number of hydrogen-bond acceptors (Lipinski definition) is 3. The Morgan fingerprint density at radius 1 is 0.593 bits per heavy atom. The second kappa shape index (κ2) is 17.9. The van der Waals surface area contributed by atoms with Crippen LogP contribution in [0.1, 0.15) is 129 Å². The van der Waals surface area contributed by atoms with E-state index in [4.69, 9.17) is 0 Å². The summed E-state index contributed by atoms with van der Waals surface area (Å²) in [6.45, 7) is 4.16. The van der Waals surface area contributed by atoms with E-state index in [1.54, 1.807) is 0 Å². The summed E-state index contributed by atoms with van der Waals surface area (Å²) < 4.78 is 32.0. The molecule has 0 saturated heterocycles. The van der Waals surface area contributed by atoms with Gasteiger partial charge in [-0.25, -0.2) is 0 Å². The molecular weight excluding hydrogens is 360 g/mol. The Hall–Kier alpha value is -0.130. The molecule has 0 aliphatic rings. The maximum absolute atomic E-state index is 11.4. The molecule has 0 aliphatic heterocycles. The van der Waals surface area contributed by atoms with Crippen molar-refractivity contribution in [1.29, 1.82) is 0 Å². The molecule has 0 saturated carbocycles. The van der Waals surface area contributed by atoms with Crippen LogP contribution < -0.4 is 0 Å². The smallest absolute Gasteiger partial charge is 0.267 e. The molecule has 0 heterocycles. The number of hydrogen-bond donors (Lipinski definition) is 2. The van der Waals surface area contributed by atoms with Gasteiger partial charge < -0.3 is 5.11 Å². The van der Waals surface area contributed by atoms with Gasteiger partial charge in [0, 0.05) is 0 Å². The SMILES string of the molecule is CCCCC(CCCCCCCCCCCCCC(O)CCC)S(=O)(=O)O. The van der Waals surface area contributed by atoms with Crippen LogP contribution in [0.3, 0.4) is 0 Å². The fourth-order valence-corrected chi connectivity index (χ4v) is 4.62. The molecule has 0 amide bonds. The van der Waals surface area contributed by atoms with Crippen molar-refractivity contribution in [3.8, 4) is 0 Å². The number of aliphatic hydroxyl groups excluding tert-OH is 1. The lowest BCUT2D eigenvalue weighted by Gasteiger charge is -2.13. The van der Waals surface area contributed by atoms with Gasteiger partial charge in [-0.15, -0.1) is 0 Å². The highest BCUT2D eigenvalue weighted by molar-refractivity contribution is 7.86. The van der Waals surface area contributed by atoms with Gasteiger partial charge in [0.15, 0.2) is 0 Å². The normalized spacial score (nSPS) is 14.4. The molecule has 0 radical (unpaired) electrons. The van der Waals surface area contributed by atoms with E-state index in [0.717, 1.165) is 51.4 Å². The van der Waals surface area contributed by atoms with Crippen LogP contribution in [0.15, 0.2) is 0 Å². The van der Waals surface area contributed by atoms with Gasteiger partial charge in [0.05, 0.1) is 11.4 Å². The first-order chi connectivity index (χ1) is 12.9. The zero-order valence-electron chi connectivity index (χ0n) is 18.0. The summed E-state index contributed by atoms with van der Waals surface area (Å²) in [5, 5.41) is 9.12. The minimum Gasteiger partial charge on any atom is -0.393 e. The van der Waals surface area contributed by atoms with Crippen molar-refractivity contribution in [3.05, 3.63) is 0 Å². The molecule has 0 aliphatic carbocycles. The van der Waals surface area contributed by atoms with Crippen LogP contribution >= 0.6 is 0 Å². The predicted octanol–water partition coefficient (Wildman–Crippen LogP) is 6.67. The van der Waals surface area contributed by atoms with E-state index in [2.05, 4.69) is 6.92 Å². The molecule has 4 nitrogen and oxygen atoms in total. The minimum atomic E-state index is -3.87. The van der Waals surface area contributed by atoms with E-state index in [1.807, 2.05) is 6.92 Å². The third kappa shape index (κ3) is 17.7.